The maximum Gasteiger partial charge on any atom is 0.255 e. The van der Waals surface area contributed by atoms with Gasteiger partial charge in [0, 0.05) is 16.3 Å². The molecule has 0 fully saturated rings. The highest BCUT2D eigenvalue weighted by Gasteiger charge is 2.07. The average Bonchev–Trinajstić information content (AvgIpc) is 2.59. The van der Waals surface area contributed by atoms with Gasteiger partial charge >= 0.3 is 0 Å². The van der Waals surface area contributed by atoms with Gasteiger partial charge in [-0.3, -0.25) is 4.79 Å². The van der Waals surface area contributed by atoms with Gasteiger partial charge in [0.25, 0.3) is 5.91 Å². The molecule has 1 amide bonds. The highest BCUT2D eigenvalue weighted by atomic mass is 35.5. The van der Waals surface area contributed by atoms with Crippen LogP contribution in [0, 0.1) is 6.92 Å². The van der Waals surface area contributed by atoms with E-state index in [-0.39, 0.29) is 5.91 Å². The number of anilines is 1. The molecule has 0 aliphatic rings. The molecule has 2 rings (SSSR count). The van der Waals surface area contributed by atoms with Crippen molar-refractivity contribution >= 4 is 23.2 Å². The maximum absolute atomic E-state index is 12.1. The van der Waals surface area contributed by atoms with Gasteiger partial charge < -0.3 is 5.32 Å². The molecule has 0 spiro atoms. The molecule has 136 valence electrons. The Balaban J connectivity index is 0.000000450. The minimum atomic E-state index is -0.140. The second-order valence-electron chi connectivity index (χ2n) is 6.23. The number of hydrogen-bond donors (Lipinski definition) is 1. The summed E-state index contributed by atoms with van der Waals surface area (Å²) in [4.78, 5) is 12.1. The lowest BCUT2D eigenvalue weighted by molar-refractivity contribution is 0.102. The van der Waals surface area contributed by atoms with Crippen molar-refractivity contribution < 1.29 is 4.79 Å². The van der Waals surface area contributed by atoms with Crippen LogP contribution in [0.25, 0.3) is 0 Å². The van der Waals surface area contributed by atoms with Gasteiger partial charge in [0.15, 0.2) is 0 Å². The van der Waals surface area contributed by atoms with Crippen molar-refractivity contribution in [2.24, 2.45) is 0 Å². The quantitative estimate of drug-likeness (QED) is 0.550. The molecular formula is C22H30ClNO. The third-order valence-corrected chi connectivity index (χ3v) is 4.07. The van der Waals surface area contributed by atoms with Gasteiger partial charge in [-0.25, -0.2) is 0 Å². The summed E-state index contributed by atoms with van der Waals surface area (Å²) in [5.74, 6) is -0.140. The lowest BCUT2D eigenvalue weighted by Crippen LogP contribution is -2.12. The first-order valence-electron chi connectivity index (χ1n) is 9.17. The zero-order valence-corrected chi connectivity index (χ0v) is 16.6. The van der Waals surface area contributed by atoms with Crippen LogP contribution in [0.15, 0.2) is 42.5 Å². The van der Waals surface area contributed by atoms with Gasteiger partial charge in [-0.2, -0.15) is 0 Å². The zero-order chi connectivity index (χ0) is 18.7. The van der Waals surface area contributed by atoms with Crippen LogP contribution in [0.1, 0.15) is 67.9 Å². The summed E-state index contributed by atoms with van der Waals surface area (Å²) in [5.41, 5.74) is 3.55. The highest BCUT2D eigenvalue weighted by molar-refractivity contribution is 6.31. The molecule has 0 aliphatic heterocycles. The summed E-state index contributed by atoms with van der Waals surface area (Å²) >= 11 is 5.96. The monoisotopic (exact) mass is 359 g/mol. The molecule has 0 unspecified atom stereocenters. The van der Waals surface area contributed by atoms with Crippen molar-refractivity contribution in [1.82, 2.24) is 0 Å². The lowest BCUT2D eigenvalue weighted by Gasteiger charge is -2.08. The summed E-state index contributed by atoms with van der Waals surface area (Å²) in [6.07, 6.45) is 6.48. The van der Waals surface area contributed by atoms with E-state index in [2.05, 4.69) is 26.1 Å². The molecule has 0 saturated heterocycles. The second kappa shape index (κ2) is 11.7. The maximum atomic E-state index is 12.1. The van der Waals surface area contributed by atoms with E-state index in [0.717, 1.165) is 17.7 Å². The van der Waals surface area contributed by atoms with Crippen LogP contribution in [0.4, 0.5) is 5.69 Å². The summed E-state index contributed by atoms with van der Waals surface area (Å²) in [6, 6.07) is 13.2. The van der Waals surface area contributed by atoms with E-state index in [1.165, 1.54) is 31.2 Å². The van der Waals surface area contributed by atoms with Crippen LogP contribution in [0.5, 0.6) is 0 Å². The van der Waals surface area contributed by atoms with Crippen molar-refractivity contribution in [2.45, 2.75) is 59.8 Å². The number of aryl methyl sites for hydroxylation is 2. The molecule has 0 aliphatic carbocycles. The Morgan fingerprint density at radius 3 is 2.24 bits per heavy atom. The van der Waals surface area contributed by atoms with Gasteiger partial charge in [-0.1, -0.05) is 70.2 Å². The molecule has 1 N–H and O–H groups in total. The van der Waals surface area contributed by atoms with E-state index in [1.54, 1.807) is 6.07 Å². The first-order valence-corrected chi connectivity index (χ1v) is 9.55. The normalized spacial score (nSPS) is 9.96. The van der Waals surface area contributed by atoms with Crippen LogP contribution < -0.4 is 5.32 Å². The Kier molecular flexibility index (Phi) is 9.94. The van der Waals surface area contributed by atoms with E-state index in [9.17, 15) is 4.79 Å². The number of rotatable bonds is 6. The minimum absolute atomic E-state index is 0.140. The van der Waals surface area contributed by atoms with Crippen molar-refractivity contribution in [3.8, 4) is 0 Å². The predicted molar refractivity (Wildman–Crippen MR) is 110 cm³/mol. The molecule has 0 bridgehead atoms. The standard InChI is InChI=1S/C16H16ClNO.C6H14/c1-3-12-5-4-6-15(9-12)18-16(19)13-7-11(2)8-14(17)10-13;1-3-5-6-4-2/h4-10H,3H2,1-2H3,(H,18,19);3-6H2,1-2H3. The predicted octanol–water partition coefficient (Wildman–Crippen LogP) is 7.05. The third kappa shape index (κ3) is 8.22. The van der Waals surface area contributed by atoms with Crippen molar-refractivity contribution in [3.05, 3.63) is 64.2 Å². The smallest absolute Gasteiger partial charge is 0.255 e. The molecule has 2 nitrogen and oxygen atoms in total. The summed E-state index contributed by atoms with van der Waals surface area (Å²) in [5, 5.41) is 3.47. The SMILES string of the molecule is CCCCCC.CCc1cccc(NC(=O)c2cc(C)cc(Cl)c2)c1. The molecule has 2 aromatic carbocycles. The molecule has 0 saturated carbocycles. The number of hydrogen-bond acceptors (Lipinski definition) is 1. The Morgan fingerprint density at radius 2 is 1.68 bits per heavy atom. The largest absolute Gasteiger partial charge is 0.322 e. The molecule has 0 heterocycles. The van der Waals surface area contributed by atoms with Crippen LogP contribution in [-0.4, -0.2) is 5.91 Å². The van der Waals surface area contributed by atoms with E-state index in [4.69, 9.17) is 11.6 Å². The lowest BCUT2D eigenvalue weighted by atomic mass is 10.1. The first-order chi connectivity index (χ1) is 12.0. The fraction of sp³-hybridized carbons (Fsp3) is 0.409. The zero-order valence-electron chi connectivity index (χ0n) is 15.9. The number of amides is 1. The van der Waals surface area contributed by atoms with Crippen LogP contribution in [-0.2, 0) is 6.42 Å². The molecule has 0 aromatic heterocycles. The number of carbonyl (C=O) groups excluding carboxylic acids is 1. The second-order valence-corrected chi connectivity index (χ2v) is 6.67. The van der Waals surface area contributed by atoms with Gasteiger partial charge in [0.1, 0.15) is 0 Å². The molecule has 0 atom stereocenters. The van der Waals surface area contributed by atoms with Crippen molar-refractivity contribution in [2.75, 3.05) is 5.32 Å². The van der Waals surface area contributed by atoms with E-state index < -0.39 is 0 Å². The Bertz CT molecular complexity index is 643. The molecule has 25 heavy (non-hydrogen) atoms. The fourth-order valence-electron chi connectivity index (χ4n) is 2.44. The first kappa shape index (κ1) is 21.2. The topological polar surface area (TPSA) is 29.1 Å². The van der Waals surface area contributed by atoms with Gasteiger partial charge in [0.05, 0.1) is 0 Å². The Labute approximate surface area is 157 Å². The van der Waals surface area contributed by atoms with Gasteiger partial charge in [-0.05, 0) is 54.8 Å². The van der Waals surface area contributed by atoms with E-state index in [1.807, 2.05) is 43.3 Å². The molecule has 3 heteroatoms. The Hall–Kier alpha value is -1.80. The van der Waals surface area contributed by atoms with Crippen molar-refractivity contribution in [3.63, 3.8) is 0 Å². The van der Waals surface area contributed by atoms with Crippen LogP contribution >= 0.6 is 11.6 Å². The van der Waals surface area contributed by atoms with E-state index >= 15 is 0 Å². The van der Waals surface area contributed by atoms with Crippen molar-refractivity contribution in [1.29, 1.82) is 0 Å². The summed E-state index contributed by atoms with van der Waals surface area (Å²) in [7, 11) is 0. The number of unbranched alkanes of at least 4 members (excludes halogenated alkanes) is 3. The highest BCUT2D eigenvalue weighted by Crippen LogP contribution is 2.17. The number of benzene rings is 2. The number of halogens is 1. The molecule has 2 aromatic rings. The molecule has 0 radical (unpaired) electrons. The fourth-order valence-corrected chi connectivity index (χ4v) is 2.73. The number of nitrogens with one attached hydrogen (secondary N) is 1. The van der Waals surface area contributed by atoms with Gasteiger partial charge in [0.2, 0.25) is 0 Å². The third-order valence-electron chi connectivity index (χ3n) is 3.85. The van der Waals surface area contributed by atoms with Crippen LogP contribution in [0.3, 0.4) is 0 Å². The summed E-state index contributed by atoms with van der Waals surface area (Å²) < 4.78 is 0. The van der Waals surface area contributed by atoms with E-state index in [0.29, 0.717) is 10.6 Å². The Morgan fingerprint density at radius 1 is 1.00 bits per heavy atom. The molecular weight excluding hydrogens is 330 g/mol. The minimum Gasteiger partial charge on any atom is -0.322 e. The van der Waals surface area contributed by atoms with Gasteiger partial charge in [-0.15, -0.1) is 0 Å². The average molecular weight is 360 g/mol. The number of carbonyl (C=O) groups is 1. The van der Waals surface area contributed by atoms with Crippen LogP contribution in [0.2, 0.25) is 5.02 Å². The summed E-state index contributed by atoms with van der Waals surface area (Å²) in [6.45, 7) is 8.47.